The third-order valence-electron chi connectivity index (χ3n) is 3.64. The first-order valence-electron chi connectivity index (χ1n) is 8.62. The van der Waals surface area contributed by atoms with E-state index in [1.54, 1.807) is 22.3 Å². The zero-order valence-corrected chi connectivity index (χ0v) is 15.7. The average Bonchev–Trinajstić information content (AvgIpc) is 2.43. The van der Waals surface area contributed by atoms with Gasteiger partial charge in [-0.25, -0.2) is 0 Å². The molecule has 0 aromatic carbocycles. The minimum absolute atomic E-state index is 0.346. The Balaban J connectivity index is 3.07. The van der Waals surface area contributed by atoms with E-state index in [4.69, 9.17) is 0 Å². The third-order valence-corrected chi connectivity index (χ3v) is 4.23. The van der Waals surface area contributed by atoms with Crippen LogP contribution >= 0.6 is 0 Å². The van der Waals surface area contributed by atoms with Crippen molar-refractivity contribution >= 4 is 26.1 Å². The van der Waals surface area contributed by atoms with E-state index in [2.05, 4.69) is 19.1 Å². The van der Waals surface area contributed by atoms with Crippen LogP contribution in [0.3, 0.4) is 0 Å². The molecular formula is C18H33OTe. The van der Waals surface area contributed by atoms with Gasteiger partial charge in [-0.2, -0.15) is 0 Å². The summed E-state index contributed by atoms with van der Waals surface area (Å²) in [7, 11) is 0. The monoisotopic (exact) mass is 395 g/mol. The molecule has 0 aromatic heterocycles. The molecule has 0 rings (SSSR count). The maximum absolute atomic E-state index is 10.8. The Labute approximate surface area is 139 Å². The third kappa shape index (κ3) is 18.2. The molecule has 1 radical (unpaired) electrons. The molecule has 117 valence electrons. The number of hydrogen-bond donors (Lipinski definition) is 0. The van der Waals surface area contributed by atoms with Gasteiger partial charge in [-0.3, -0.25) is 0 Å². The predicted molar refractivity (Wildman–Crippen MR) is 90.2 cm³/mol. The molecule has 0 amide bonds. The summed E-state index contributed by atoms with van der Waals surface area (Å²) in [6, 6.07) is 0. The second kappa shape index (κ2) is 17.3. The topological polar surface area (TPSA) is 17.1 Å². The number of hydrogen-bond acceptors (Lipinski definition) is 1. The van der Waals surface area contributed by atoms with Crippen LogP contribution in [0.25, 0.3) is 0 Å². The Morgan fingerprint density at radius 3 is 1.70 bits per heavy atom. The molecular weight excluding hydrogens is 360 g/mol. The Morgan fingerprint density at radius 1 is 0.750 bits per heavy atom. The molecule has 0 unspecified atom stereocenters. The van der Waals surface area contributed by atoms with E-state index in [1.807, 2.05) is 0 Å². The zero-order valence-electron chi connectivity index (χ0n) is 13.4. The molecule has 0 aliphatic rings. The predicted octanol–water partition coefficient (Wildman–Crippen LogP) is 5.72. The van der Waals surface area contributed by atoms with Crippen molar-refractivity contribution in [3.63, 3.8) is 0 Å². The summed E-state index contributed by atoms with van der Waals surface area (Å²) >= 11 is 1.62. The second-order valence-corrected chi connectivity index (χ2v) is 7.01. The normalized spacial score (nSPS) is 11.2. The summed E-state index contributed by atoms with van der Waals surface area (Å²) in [6.45, 7) is 2.27. The molecule has 0 bridgehead atoms. The number of unbranched alkanes of at least 4 members (excludes halogenated alkanes) is 11. The van der Waals surface area contributed by atoms with Crippen LogP contribution in [0, 0.1) is 0 Å². The molecule has 0 saturated heterocycles. The molecule has 1 nitrogen and oxygen atoms in total. The average molecular weight is 393 g/mol. The summed E-state index contributed by atoms with van der Waals surface area (Å²) in [5, 5.41) is 0. The molecule has 0 aliphatic heterocycles. The SMILES string of the molecule is CCCCCCCC/C=C\CCCCCCCC(=O)[Te]. The molecule has 0 aliphatic carbocycles. The van der Waals surface area contributed by atoms with E-state index in [-0.39, 0.29) is 0 Å². The molecule has 0 saturated carbocycles. The van der Waals surface area contributed by atoms with Crippen molar-refractivity contribution in [1.82, 2.24) is 0 Å². The molecule has 0 spiro atoms. The van der Waals surface area contributed by atoms with E-state index >= 15 is 0 Å². The quantitative estimate of drug-likeness (QED) is 0.198. The van der Waals surface area contributed by atoms with Crippen LogP contribution in [0.15, 0.2) is 12.2 Å². The fourth-order valence-electron chi connectivity index (χ4n) is 2.34. The fourth-order valence-corrected chi connectivity index (χ4v) is 2.75. The van der Waals surface area contributed by atoms with Crippen molar-refractivity contribution < 1.29 is 4.79 Å². The number of carbonyl (C=O) groups is 1. The zero-order chi connectivity index (χ0) is 14.9. The standard InChI is InChI=1S/C18H33OTe/c1-2-3-4-5-6-7-8-9-10-11-12-13-14-15-16-17-18(19)20/h9-10H,2-8,11-17H2,1H3/b10-9-. The van der Waals surface area contributed by atoms with Crippen LogP contribution in [0.5, 0.6) is 0 Å². The van der Waals surface area contributed by atoms with Gasteiger partial charge in [0.1, 0.15) is 0 Å². The molecule has 0 N–H and O–H groups in total. The van der Waals surface area contributed by atoms with Crippen LogP contribution in [0.1, 0.15) is 96.8 Å². The van der Waals surface area contributed by atoms with Gasteiger partial charge in [0.15, 0.2) is 0 Å². The van der Waals surface area contributed by atoms with Crippen LogP contribution in [-0.2, 0) is 4.79 Å². The van der Waals surface area contributed by atoms with E-state index in [0.29, 0.717) is 3.83 Å². The molecule has 2 heteroatoms. The molecule has 20 heavy (non-hydrogen) atoms. The molecule has 0 aromatic rings. The minimum atomic E-state index is 0.346. The number of carbonyl (C=O) groups excluding carboxylic acids is 1. The Kier molecular flexibility index (Phi) is 17.4. The summed E-state index contributed by atoms with van der Waals surface area (Å²) in [4.78, 5) is 10.8. The van der Waals surface area contributed by atoms with E-state index < -0.39 is 0 Å². The first kappa shape index (κ1) is 20.2. The van der Waals surface area contributed by atoms with E-state index in [9.17, 15) is 4.79 Å². The Hall–Kier alpha value is 0.200. The van der Waals surface area contributed by atoms with Crippen LogP contribution in [0.2, 0.25) is 0 Å². The van der Waals surface area contributed by atoms with E-state index in [1.165, 1.54) is 77.0 Å². The summed E-state index contributed by atoms with van der Waals surface area (Å²) < 4.78 is 0.346. The maximum atomic E-state index is 10.8. The molecule has 0 fully saturated rings. The number of allylic oxidation sites excluding steroid dienone is 2. The summed E-state index contributed by atoms with van der Waals surface area (Å²) in [6.07, 6.45) is 22.6. The van der Waals surface area contributed by atoms with Gasteiger partial charge in [-0.15, -0.1) is 0 Å². The molecule has 0 heterocycles. The van der Waals surface area contributed by atoms with E-state index in [0.717, 1.165) is 12.8 Å². The van der Waals surface area contributed by atoms with Gasteiger partial charge in [0.2, 0.25) is 0 Å². The Bertz CT molecular complexity index is 236. The van der Waals surface area contributed by atoms with Crippen LogP contribution < -0.4 is 0 Å². The van der Waals surface area contributed by atoms with Crippen molar-refractivity contribution in [3.8, 4) is 0 Å². The fraction of sp³-hybridized carbons (Fsp3) is 0.833. The van der Waals surface area contributed by atoms with Gasteiger partial charge >= 0.3 is 101 Å². The van der Waals surface area contributed by atoms with Crippen LogP contribution in [-0.4, -0.2) is 26.1 Å². The van der Waals surface area contributed by atoms with Crippen molar-refractivity contribution in [2.45, 2.75) is 96.8 Å². The number of rotatable bonds is 15. The first-order valence-corrected chi connectivity index (χ1v) is 9.78. The van der Waals surface area contributed by atoms with Gasteiger partial charge < -0.3 is 0 Å². The van der Waals surface area contributed by atoms with Crippen molar-refractivity contribution in [1.29, 1.82) is 0 Å². The van der Waals surface area contributed by atoms with Gasteiger partial charge in [0, 0.05) is 0 Å². The van der Waals surface area contributed by atoms with Gasteiger partial charge in [-0.1, -0.05) is 39.0 Å². The molecule has 0 atom stereocenters. The first-order chi connectivity index (χ1) is 9.77. The van der Waals surface area contributed by atoms with Gasteiger partial charge in [0.25, 0.3) is 0 Å². The van der Waals surface area contributed by atoms with Crippen molar-refractivity contribution in [2.24, 2.45) is 0 Å². The van der Waals surface area contributed by atoms with Crippen molar-refractivity contribution in [3.05, 3.63) is 12.2 Å². The summed E-state index contributed by atoms with van der Waals surface area (Å²) in [5.74, 6) is 0. The van der Waals surface area contributed by atoms with Crippen LogP contribution in [0.4, 0.5) is 0 Å². The van der Waals surface area contributed by atoms with Gasteiger partial charge in [-0.05, 0) is 0 Å². The van der Waals surface area contributed by atoms with Crippen molar-refractivity contribution in [2.75, 3.05) is 0 Å². The Morgan fingerprint density at radius 2 is 1.20 bits per heavy atom. The second-order valence-electron chi connectivity index (χ2n) is 5.71. The summed E-state index contributed by atoms with van der Waals surface area (Å²) in [5.41, 5.74) is 0. The van der Waals surface area contributed by atoms with Gasteiger partial charge in [0.05, 0.1) is 0 Å².